The Morgan fingerprint density at radius 1 is 0.642 bits per heavy atom. The average molecular weight is 696 g/mol. The zero-order valence-corrected chi connectivity index (χ0v) is 31.6. The van der Waals surface area contributed by atoms with Gasteiger partial charge in [-0.25, -0.2) is 4.98 Å². The smallest absolute Gasteiger partial charge is 0.271 e. The lowest BCUT2D eigenvalue weighted by molar-refractivity contribution is -0.572. The van der Waals surface area contributed by atoms with Crippen molar-refractivity contribution in [3.05, 3.63) is 145 Å². The number of para-hydroxylation sites is 3. The molecule has 264 valence electrons. The fraction of sp³-hybridized carbons (Fsp3) is 0.255. The van der Waals surface area contributed by atoms with E-state index in [4.69, 9.17) is 14.7 Å². The first-order chi connectivity index (χ1) is 25.4. The van der Waals surface area contributed by atoms with Gasteiger partial charge in [-0.15, -0.1) is 0 Å². The summed E-state index contributed by atoms with van der Waals surface area (Å²) in [5, 5.41) is 2.33. The number of hydrogen-bond donors (Lipinski definition) is 0. The van der Waals surface area contributed by atoms with Crippen LogP contribution in [0.1, 0.15) is 78.0 Å². The number of benzene rings is 4. The maximum atomic E-state index is 6.61. The summed E-state index contributed by atoms with van der Waals surface area (Å²) in [5.74, 6) is 3.05. The number of imidazole rings is 1. The molecule has 0 N–H and O–H groups in total. The highest BCUT2D eigenvalue weighted by atomic mass is 16.5. The van der Waals surface area contributed by atoms with Gasteiger partial charge in [0.15, 0.2) is 5.82 Å². The molecule has 4 aromatic carbocycles. The van der Waals surface area contributed by atoms with E-state index in [1.54, 1.807) is 6.20 Å². The summed E-state index contributed by atoms with van der Waals surface area (Å²) in [5.41, 5.74) is 9.71. The summed E-state index contributed by atoms with van der Waals surface area (Å²) in [4.78, 5) is 9.65. The van der Waals surface area contributed by atoms with Crippen LogP contribution in [0, 0.1) is 6.33 Å². The van der Waals surface area contributed by atoms with E-state index in [9.17, 15) is 0 Å². The van der Waals surface area contributed by atoms with Gasteiger partial charge in [0, 0.05) is 35.3 Å². The van der Waals surface area contributed by atoms with Crippen LogP contribution in [0.15, 0.2) is 122 Å². The second-order valence-corrected chi connectivity index (χ2v) is 16.9. The number of fused-ring (bicyclic) bond motifs is 5. The Morgan fingerprint density at radius 2 is 1.32 bits per heavy atom. The predicted molar refractivity (Wildman–Crippen MR) is 214 cm³/mol. The maximum absolute atomic E-state index is 6.61. The summed E-state index contributed by atoms with van der Waals surface area (Å²) >= 11 is 0. The second-order valence-electron chi connectivity index (χ2n) is 16.9. The van der Waals surface area contributed by atoms with Crippen molar-refractivity contribution in [1.29, 1.82) is 0 Å². The van der Waals surface area contributed by atoms with Gasteiger partial charge >= 0.3 is 0 Å². The summed E-state index contributed by atoms with van der Waals surface area (Å²) in [6.07, 6.45) is 9.72. The first kappa shape index (κ1) is 33.1. The Bertz CT molecular complexity index is 2700. The van der Waals surface area contributed by atoms with E-state index in [1.165, 1.54) is 34.9 Å². The Kier molecular flexibility index (Phi) is 7.43. The van der Waals surface area contributed by atoms with Crippen LogP contribution in [0.25, 0.3) is 50.2 Å². The number of hydrogen-bond acceptors (Lipinski definition) is 3. The molecule has 0 amide bonds. The van der Waals surface area contributed by atoms with E-state index in [1.807, 2.05) is 29.0 Å². The molecule has 6 heteroatoms. The van der Waals surface area contributed by atoms with E-state index in [0.29, 0.717) is 5.75 Å². The quantitative estimate of drug-likeness (QED) is 0.133. The van der Waals surface area contributed by atoms with E-state index in [0.717, 1.165) is 50.5 Å². The summed E-state index contributed by atoms with van der Waals surface area (Å²) < 4.78 is 13.1. The zero-order valence-electron chi connectivity index (χ0n) is 31.6. The van der Waals surface area contributed by atoms with Crippen LogP contribution in [-0.4, -0.2) is 19.1 Å². The van der Waals surface area contributed by atoms with Gasteiger partial charge in [-0.2, -0.15) is 0 Å². The normalized spacial score (nSPS) is 15.2. The molecule has 8 aromatic rings. The molecule has 4 aromatic heterocycles. The Labute approximate surface area is 311 Å². The number of pyridine rings is 2. The molecule has 1 aliphatic carbocycles. The fourth-order valence-corrected chi connectivity index (χ4v) is 8.13. The van der Waals surface area contributed by atoms with Crippen molar-refractivity contribution >= 4 is 32.8 Å². The largest absolute Gasteiger partial charge is 0.458 e. The van der Waals surface area contributed by atoms with Crippen molar-refractivity contribution < 1.29 is 9.30 Å². The van der Waals surface area contributed by atoms with Gasteiger partial charge in [0.05, 0.1) is 27.8 Å². The number of rotatable bonds is 5. The number of nitrogens with zero attached hydrogens (tertiary/aromatic N) is 5. The summed E-state index contributed by atoms with van der Waals surface area (Å²) in [6.45, 7) is 16.2. The van der Waals surface area contributed by atoms with Gasteiger partial charge in [0.25, 0.3) is 6.33 Å². The molecule has 0 unspecified atom stereocenters. The van der Waals surface area contributed by atoms with E-state index >= 15 is 0 Å². The van der Waals surface area contributed by atoms with E-state index in [-0.39, 0.29) is 16.2 Å². The van der Waals surface area contributed by atoms with Crippen molar-refractivity contribution in [1.82, 2.24) is 19.1 Å². The Hall–Kier alpha value is -5.75. The van der Waals surface area contributed by atoms with Crippen molar-refractivity contribution in [2.75, 3.05) is 0 Å². The van der Waals surface area contributed by atoms with Crippen molar-refractivity contribution in [3.8, 4) is 28.8 Å². The standard InChI is InChI=1S/C47H45N5O/c1-45(2,3)31-20-24-49-44(26-31)52-39-13-9-8-12-35(39)36-18-17-33(28-42(36)52)53-34-21-25-48-43(29-34)51-30-50(40-14-10-11-15-41(40)51)32-16-19-37-38(27-32)47(6,7)23-22-46(37,4)5/h8-21,24-29H,22-23H2,1-7H3. The Morgan fingerprint density at radius 3 is 2.13 bits per heavy atom. The van der Waals surface area contributed by atoms with Crippen LogP contribution in [0.5, 0.6) is 11.5 Å². The molecule has 0 bridgehead atoms. The van der Waals surface area contributed by atoms with Gasteiger partial charge in [0.2, 0.25) is 0 Å². The van der Waals surface area contributed by atoms with Crippen molar-refractivity contribution in [3.63, 3.8) is 0 Å². The molecule has 0 fully saturated rings. The van der Waals surface area contributed by atoms with Gasteiger partial charge in [-0.05, 0) is 94.3 Å². The lowest BCUT2D eigenvalue weighted by atomic mass is 9.63. The fourth-order valence-electron chi connectivity index (χ4n) is 8.13. The van der Waals surface area contributed by atoms with Crippen LogP contribution < -0.4 is 9.30 Å². The molecular formula is C47H45N5O. The topological polar surface area (TPSA) is 48.8 Å². The molecule has 0 radical (unpaired) electrons. The van der Waals surface area contributed by atoms with Crippen LogP contribution in [-0.2, 0) is 16.2 Å². The van der Waals surface area contributed by atoms with Gasteiger partial charge < -0.3 is 4.74 Å². The van der Waals surface area contributed by atoms with Crippen LogP contribution in [0.2, 0.25) is 0 Å². The van der Waals surface area contributed by atoms with Crippen molar-refractivity contribution in [2.24, 2.45) is 0 Å². The molecule has 4 heterocycles. The second kappa shape index (κ2) is 11.9. The lowest BCUT2D eigenvalue weighted by Gasteiger charge is -2.42. The minimum atomic E-state index is 0.000169. The van der Waals surface area contributed by atoms with Crippen LogP contribution in [0.4, 0.5) is 0 Å². The molecular weight excluding hydrogens is 651 g/mol. The third kappa shape index (κ3) is 5.59. The molecule has 1 aliphatic rings. The minimum Gasteiger partial charge on any atom is -0.458 e. The predicted octanol–water partition coefficient (Wildman–Crippen LogP) is 11.0. The molecule has 0 aliphatic heterocycles. The highest BCUT2D eigenvalue weighted by Gasteiger charge is 2.37. The van der Waals surface area contributed by atoms with Crippen molar-refractivity contribution in [2.45, 2.75) is 77.6 Å². The Balaban J connectivity index is 1.11. The van der Waals surface area contributed by atoms with E-state index < -0.39 is 0 Å². The SMILES string of the molecule is CC(C)(C)c1ccnc(-n2c3ccccc3c3ccc(Oc4ccnc(-n5[c-][n+](-c6ccc7c(c6)C(C)(C)CCC7(C)C)c6ccccc65)c4)cc32)c1. The molecule has 0 saturated carbocycles. The van der Waals surface area contributed by atoms with E-state index in [2.05, 4.69) is 155 Å². The molecule has 53 heavy (non-hydrogen) atoms. The number of ether oxygens (including phenoxy) is 1. The maximum Gasteiger partial charge on any atom is 0.271 e. The number of aromatic nitrogens is 5. The molecule has 6 nitrogen and oxygen atoms in total. The molecule has 0 saturated heterocycles. The highest BCUT2D eigenvalue weighted by Crippen LogP contribution is 2.46. The lowest BCUT2D eigenvalue weighted by Crippen LogP contribution is -2.36. The van der Waals surface area contributed by atoms with Gasteiger partial charge in [-0.1, -0.05) is 97.0 Å². The van der Waals surface area contributed by atoms with Crippen LogP contribution in [0.3, 0.4) is 0 Å². The zero-order chi connectivity index (χ0) is 36.7. The molecule has 0 atom stereocenters. The summed E-state index contributed by atoms with van der Waals surface area (Å²) in [7, 11) is 0. The third-order valence-corrected chi connectivity index (χ3v) is 11.3. The first-order valence-corrected chi connectivity index (χ1v) is 18.6. The third-order valence-electron chi connectivity index (χ3n) is 11.3. The van der Waals surface area contributed by atoms with Gasteiger partial charge in [0.1, 0.15) is 17.3 Å². The molecule has 0 spiro atoms. The average Bonchev–Trinajstić information content (AvgIpc) is 3.69. The molecule has 9 rings (SSSR count). The monoisotopic (exact) mass is 695 g/mol. The highest BCUT2D eigenvalue weighted by molar-refractivity contribution is 6.09. The summed E-state index contributed by atoms with van der Waals surface area (Å²) in [6, 6.07) is 38.4. The first-order valence-electron chi connectivity index (χ1n) is 18.6. The van der Waals surface area contributed by atoms with Gasteiger partial charge in [-0.3, -0.25) is 18.7 Å². The van der Waals surface area contributed by atoms with Crippen LogP contribution >= 0.6 is 0 Å². The minimum absolute atomic E-state index is 0.000169.